The van der Waals surface area contributed by atoms with Gasteiger partial charge < -0.3 is 14.2 Å². The van der Waals surface area contributed by atoms with E-state index in [1.54, 1.807) is 13.8 Å². The van der Waals surface area contributed by atoms with Gasteiger partial charge in [-0.25, -0.2) is 4.79 Å². The van der Waals surface area contributed by atoms with Crippen molar-refractivity contribution in [2.75, 3.05) is 6.61 Å². The fraction of sp³-hybridized carbons (Fsp3) is 0.714. The van der Waals surface area contributed by atoms with Crippen LogP contribution >= 0.6 is 12.2 Å². The van der Waals surface area contributed by atoms with Gasteiger partial charge in [0.15, 0.2) is 6.10 Å². The zero-order chi connectivity index (χ0) is 9.19. The molecule has 0 amide bonds. The van der Waals surface area contributed by atoms with E-state index in [1.807, 2.05) is 0 Å². The predicted octanol–water partition coefficient (Wildman–Crippen LogP) is 1.27. The molecule has 0 bridgehead atoms. The number of cyclic esters (lactones) is 2. The van der Waals surface area contributed by atoms with Crippen molar-refractivity contribution >= 4 is 23.7 Å². The molecule has 0 aliphatic carbocycles. The first-order valence-electron chi connectivity index (χ1n) is 3.55. The predicted molar refractivity (Wildman–Crippen MR) is 45.0 cm³/mol. The van der Waals surface area contributed by atoms with Crippen molar-refractivity contribution in [3.05, 3.63) is 0 Å². The number of hydrogen-bond acceptors (Lipinski definition) is 5. The van der Waals surface area contributed by atoms with Gasteiger partial charge >= 0.3 is 6.16 Å². The van der Waals surface area contributed by atoms with Crippen LogP contribution in [0, 0.1) is 0 Å². The molecule has 68 valence electrons. The maximum absolute atomic E-state index is 10.7. The van der Waals surface area contributed by atoms with Gasteiger partial charge in [-0.2, -0.15) is 0 Å². The number of carbonyl (C=O) groups is 1. The molecule has 0 aromatic carbocycles. The van der Waals surface area contributed by atoms with Crippen LogP contribution in [0.3, 0.4) is 0 Å². The molecule has 1 aliphatic heterocycles. The van der Waals surface area contributed by atoms with E-state index in [2.05, 4.69) is 12.2 Å². The highest BCUT2D eigenvalue weighted by atomic mass is 32.1. The first-order valence-corrected chi connectivity index (χ1v) is 4.03. The Balaban J connectivity index is 2.57. The highest BCUT2D eigenvalue weighted by Crippen LogP contribution is 2.27. The summed E-state index contributed by atoms with van der Waals surface area (Å²) in [4.78, 5) is 10.7. The second-order valence-corrected chi connectivity index (χ2v) is 2.94. The summed E-state index contributed by atoms with van der Waals surface area (Å²) < 4.78 is 14.7. The van der Waals surface area contributed by atoms with Crippen LogP contribution in [0.1, 0.15) is 13.8 Å². The highest BCUT2D eigenvalue weighted by molar-refractivity contribution is 7.79. The van der Waals surface area contributed by atoms with Crippen LogP contribution in [0.15, 0.2) is 0 Å². The quantitative estimate of drug-likeness (QED) is 0.495. The molecule has 1 aliphatic rings. The monoisotopic (exact) mass is 190 g/mol. The standard InChI is InChI=1S/C7H10O4S/c1-5-7(2,9-3-4-12)11-6(8)10-5/h4-5H,3H2,1-2H3. The normalized spacial score (nSPS) is 34.2. The molecule has 0 radical (unpaired) electrons. The number of ether oxygens (including phenoxy) is 3. The fourth-order valence-electron chi connectivity index (χ4n) is 0.870. The van der Waals surface area contributed by atoms with Crippen molar-refractivity contribution in [2.45, 2.75) is 25.7 Å². The molecule has 4 nitrogen and oxygen atoms in total. The SMILES string of the molecule is CC1OC(=O)OC1(C)OCC=S. The first kappa shape index (κ1) is 9.41. The summed E-state index contributed by atoms with van der Waals surface area (Å²) in [5, 5.41) is 1.42. The molecule has 0 aromatic heterocycles. The van der Waals surface area contributed by atoms with Crippen LogP contribution in [0.5, 0.6) is 0 Å². The van der Waals surface area contributed by atoms with Gasteiger partial charge in [-0.15, -0.1) is 0 Å². The molecule has 0 N–H and O–H groups in total. The molecule has 1 fully saturated rings. The minimum atomic E-state index is -0.994. The van der Waals surface area contributed by atoms with Crippen LogP contribution in [-0.2, 0) is 14.2 Å². The highest BCUT2D eigenvalue weighted by Gasteiger charge is 2.46. The van der Waals surface area contributed by atoms with E-state index in [4.69, 9.17) is 14.2 Å². The van der Waals surface area contributed by atoms with Gasteiger partial charge in [-0.3, -0.25) is 0 Å². The third-order valence-corrected chi connectivity index (χ3v) is 1.87. The zero-order valence-electron chi connectivity index (χ0n) is 6.90. The Morgan fingerprint density at radius 3 is 2.92 bits per heavy atom. The second-order valence-electron chi connectivity index (χ2n) is 2.61. The van der Waals surface area contributed by atoms with E-state index in [1.165, 1.54) is 5.37 Å². The lowest BCUT2D eigenvalue weighted by Crippen LogP contribution is -2.38. The van der Waals surface area contributed by atoms with Crippen molar-refractivity contribution in [3.8, 4) is 0 Å². The van der Waals surface area contributed by atoms with Gasteiger partial charge in [0.1, 0.15) is 0 Å². The molecular formula is C7H10O4S. The van der Waals surface area contributed by atoms with Crippen LogP contribution in [0.4, 0.5) is 4.79 Å². The van der Waals surface area contributed by atoms with Gasteiger partial charge in [-0.1, -0.05) is 12.2 Å². The smallest absolute Gasteiger partial charge is 0.424 e. The Morgan fingerprint density at radius 2 is 2.50 bits per heavy atom. The van der Waals surface area contributed by atoms with E-state index < -0.39 is 18.0 Å². The van der Waals surface area contributed by atoms with E-state index in [0.29, 0.717) is 0 Å². The van der Waals surface area contributed by atoms with Gasteiger partial charge in [-0.05, 0) is 6.92 Å². The van der Waals surface area contributed by atoms with Crippen LogP contribution < -0.4 is 0 Å². The molecule has 0 aromatic rings. The Kier molecular flexibility index (Phi) is 2.64. The summed E-state index contributed by atoms with van der Waals surface area (Å²) in [7, 11) is 0. The Labute approximate surface area is 75.8 Å². The van der Waals surface area contributed by atoms with Gasteiger partial charge in [0, 0.05) is 12.3 Å². The maximum atomic E-state index is 10.7. The Bertz CT molecular complexity index is 206. The number of carbonyl (C=O) groups excluding carboxylic acids is 1. The summed E-state index contributed by atoms with van der Waals surface area (Å²) in [5.41, 5.74) is 0. The van der Waals surface area contributed by atoms with Gasteiger partial charge in [0.2, 0.25) is 0 Å². The first-order chi connectivity index (χ1) is 5.58. The molecule has 0 saturated carbocycles. The lowest BCUT2D eigenvalue weighted by atomic mass is 10.2. The minimum absolute atomic E-state index is 0.257. The minimum Gasteiger partial charge on any atom is -0.424 e. The molecule has 0 spiro atoms. The molecule has 12 heavy (non-hydrogen) atoms. The summed E-state index contributed by atoms with van der Waals surface area (Å²) in [6.07, 6.45) is -1.10. The molecular weight excluding hydrogens is 180 g/mol. The topological polar surface area (TPSA) is 44.8 Å². The van der Waals surface area contributed by atoms with Crippen LogP contribution in [-0.4, -0.2) is 30.0 Å². The van der Waals surface area contributed by atoms with Crippen LogP contribution in [0.25, 0.3) is 0 Å². The molecule has 1 rings (SSSR count). The largest absolute Gasteiger partial charge is 0.511 e. The summed E-state index contributed by atoms with van der Waals surface area (Å²) >= 11 is 4.57. The zero-order valence-corrected chi connectivity index (χ0v) is 7.72. The van der Waals surface area contributed by atoms with Crippen molar-refractivity contribution in [3.63, 3.8) is 0 Å². The van der Waals surface area contributed by atoms with Crippen molar-refractivity contribution < 1.29 is 19.0 Å². The average molecular weight is 190 g/mol. The van der Waals surface area contributed by atoms with E-state index in [9.17, 15) is 4.79 Å². The Morgan fingerprint density at radius 1 is 1.83 bits per heavy atom. The molecule has 5 heteroatoms. The second kappa shape index (κ2) is 3.37. The maximum Gasteiger partial charge on any atom is 0.511 e. The van der Waals surface area contributed by atoms with Crippen molar-refractivity contribution in [2.24, 2.45) is 0 Å². The molecule has 1 heterocycles. The van der Waals surface area contributed by atoms with Crippen LogP contribution in [0.2, 0.25) is 0 Å². The Hall–Kier alpha value is -0.680. The lowest BCUT2D eigenvalue weighted by Gasteiger charge is -2.23. The third-order valence-electron chi connectivity index (χ3n) is 1.74. The number of hydrogen-bond donors (Lipinski definition) is 0. The fourth-order valence-corrected chi connectivity index (χ4v) is 0.938. The third kappa shape index (κ3) is 1.73. The van der Waals surface area contributed by atoms with Crippen molar-refractivity contribution in [1.29, 1.82) is 0 Å². The number of thiocarbonyl (C=S) groups is 1. The lowest BCUT2D eigenvalue weighted by molar-refractivity contribution is -0.175. The van der Waals surface area contributed by atoms with E-state index in [0.717, 1.165) is 0 Å². The van der Waals surface area contributed by atoms with Gasteiger partial charge in [0.25, 0.3) is 5.79 Å². The summed E-state index contributed by atoms with van der Waals surface area (Å²) in [5.74, 6) is -0.994. The molecule has 2 atom stereocenters. The molecule has 2 unspecified atom stereocenters. The van der Waals surface area contributed by atoms with E-state index in [-0.39, 0.29) is 6.61 Å². The van der Waals surface area contributed by atoms with Gasteiger partial charge in [0.05, 0.1) is 6.61 Å². The summed E-state index contributed by atoms with van der Waals surface area (Å²) in [6.45, 7) is 3.60. The molecule has 1 saturated heterocycles. The number of rotatable bonds is 3. The van der Waals surface area contributed by atoms with Crippen molar-refractivity contribution in [1.82, 2.24) is 0 Å². The summed E-state index contributed by atoms with van der Waals surface area (Å²) in [6, 6.07) is 0. The van der Waals surface area contributed by atoms with E-state index >= 15 is 0 Å². The average Bonchev–Trinajstić information content (AvgIpc) is 2.23.